The van der Waals surface area contributed by atoms with Crippen LogP contribution in [0.4, 0.5) is 5.69 Å². The number of benzene rings is 1. The van der Waals surface area contributed by atoms with Crippen LogP contribution in [0.1, 0.15) is 25.3 Å². The number of allylic oxidation sites excluding steroid dienone is 1. The van der Waals surface area contributed by atoms with E-state index in [1.807, 2.05) is 12.5 Å². The summed E-state index contributed by atoms with van der Waals surface area (Å²) in [6.45, 7) is 3.70. The Morgan fingerprint density at radius 1 is 1.10 bits per heavy atom. The van der Waals surface area contributed by atoms with Gasteiger partial charge in [0.25, 0.3) is 5.69 Å². The first kappa shape index (κ1) is 24.9. The lowest BCUT2D eigenvalue weighted by molar-refractivity contribution is -0.385. The first-order valence-electron chi connectivity index (χ1n) is 9.64. The molecular weight excluding hydrogens is 440 g/mol. The molecule has 0 N–H and O–H groups in total. The third-order valence-electron chi connectivity index (χ3n) is 4.82. The van der Waals surface area contributed by atoms with Gasteiger partial charge in [-0.3, -0.25) is 19.9 Å². The van der Waals surface area contributed by atoms with Gasteiger partial charge in [0.15, 0.2) is 0 Å². The molecule has 8 nitrogen and oxygen atoms in total. The molecule has 10 heteroatoms. The Labute approximate surface area is 190 Å². The number of hydrogen-bond acceptors (Lipinski definition) is 9. The number of nitrogens with zero attached hydrogens (tertiary/aromatic N) is 2. The minimum Gasteiger partial charge on any atom is -0.464 e. The maximum absolute atomic E-state index is 13.0. The number of hydrogen-bond donors (Lipinski definition) is 0. The molecule has 1 aromatic rings. The summed E-state index contributed by atoms with van der Waals surface area (Å²) in [6, 6.07) is 6.11. The zero-order chi connectivity index (χ0) is 23.0. The summed E-state index contributed by atoms with van der Waals surface area (Å²) in [5.74, 6) is -1.87. The number of nitro groups is 1. The fraction of sp³-hybridized carbons (Fsp3) is 0.476. The van der Waals surface area contributed by atoms with Crippen LogP contribution in [0.15, 0.2) is 40.5 Å². The number of rotatable bonds is 10. The number of aliphatic imine (C=N–C) groups is 1. The standard InChI is InChI=1S/C21H26N2O6S2/c1-13-17(20(24)28-9-11-30-3)19(15-7-5-6-8-16(15)23(26)27)18(14(2)22-13)21(25)29-10-12-31-4/h5-8,17,19H,9-12H2,1-4H3/t17?,19-/m1/s1. The molecule has 1 aromatic carbocycles. The molecule has 1 aliphatic heterocycles. The summed E-state index contributed by atoms with van der Waals surface area (Å²) in [4.78, 5) is 41.6. The fourth-order valence-corrected chi connectivity index (χ4v) is 3.97. The largest absolute Gasteiger partial charge is 0.464 e. The molecule has 0 aliphatic carbocycles. The minimum atomic E-state index is -0.963. The third kappa shape index (κ3) is 6.10. The number of nitro benzene ring substituents is 1. The van der Waals surface area contributed by atoms with Gasteiger partial charge in [-0.1, -0.05) is 18.2 Å². The van der Waals surface area contributed by atoms with E-state index in [4.69, 9.17) is 9.47 Å². The van der Waals surface area contributed by atoms with E-state index in [1.165, 1.54) is 29.6 Å². The van der Waals surface area contributed by atoms with Gasteiger partial charge in [0.2, 0.25) is 0 Å². The number of para-hydroxylation sites is 1. The van der Waals surface area contributed by atoms with Gasteiger partial charge in [-0.25, -0.2) is 4.79 Å². The summed E-state index contributed by atoms with van der Waals surface area (Å²) in [5.41, 5.74) is 1.04. The van der Waals surface area contributed by atoms with Crippen LogP contribution in [0.25, 0.3) is 0 Å². The zero-order valence-corrected chi connectivity index (χ0v) is 19.6. The lowest BCUT2D eigenvalue weighted by Gasteiger charge is -2.31. The fourth-order valence-electron chi connectivity index (χ4n) is 3.47. The molecule has 0 saturated heterocycles. The Morgan fingerprint density at radius 2 is 1.71 bits per heavy atom. The minimum absolute atomic E-state index is 0.146. The van der Waals surface area contributed by atoms with Gasteiger partial charge < -0.3 is 9.47 Å². The van der Waals surface area contributed by atoms with Crippen molar-refractivity contribution in [3.63, 3.8) is 0 Å². The molecule has 0 fully saturated rings. The highest BCUT2D eigenvalue weighted by Gasteiger charge is 2.44. The Morgan fingerprint density at radius 3 is 2.32 bits per heavy atom. The van der Waals surface area contributed by atoms with Crippen LogP contribution in [-0.4, -0.2) is 59.8 Å². The van der Waals surface area contributed by atoms with Gasteiger partial charge in [-0.05, 0) is 26.4 Å². The summed E-state index contributed by atoms with van der Waals surface area (Å²) in [6.07, 6.45) is 3.79. The Bertz CT molecular complexity index is 900. The molecule has 2 atom stereocenters. The predicted molar refractivity (Wildman–Crippen MR) is 124 cm³/mol. The van der Waals surface area contributed by atoms with Crippen LogP contribution >= 0.6 is 23.5 Å². The third-order valence-corrected chi connectivity index (χ3v) is 5.97. The normalized spacial score (nSPS) is 18.4. The molecule has 0 bridgehead atoms. The topological polar surface area (TPSA) is 108 Å². The lowest BCUT2D eigenvalue weighted by Crippen LogP contribution is -2.37. The summed E-state index contributed by atoms with van der Waals surface area (Å²) in [7, 11) is 0. The average molecular weight is 467 g/mol. The van der Waals surface area contributed by atoms with Crippen LogP contribution in [0.2, 0.25) is 0 Å². The highest BCUT2D eigenvalue weighted by atomic mass is 32.2. The van der Waals surface area contributed by atoms with Gasteiger partial charge in [-0.15, -0.1) is 0 Å². The molecule has 0 amide bonds. The van der Waals surface area contributed by atoms with Crippen molar-refractivity contribution in [2.24, 2.45) is 10.9 Å². The first-order chi connectivity index (χ1) is 14.8. The smallest absolute Gasteiger partial charge is 0.336 e. The van der Waals surface area contributed by atoms with E-state index in [1.54, 1.807) is 32.0 Å². The quantitative estimate of drug-likeness (QED) is 0.221. The Hall–Kier alpha value is -2.33. The summed E-state index contributed by atoms with van der Waals surface area (Å²) in [5, 5.41) is 11.7. The molecule has 0 saturated carbocycles. The van der Waals surface area contributed by atoms with Gasteiger partial charge in [0, 0.05) is 40.5 Å². The van der Waals surface area contributed by atoms with Crippen molar-refractivity contribution in [2.45, 2.75) is 19.8 Å². The molecule has 168 valence electrons. The summed E-state index contributed by atoms with van der Waals surface area (Å²) < 4.78 is 10.8. The van der Waals surface area contributed by atoms with E-state index in [9.17, 15) is 19.7 Å². The van der Waals surface area contributed by atoms with Gasteiger partial charge in [-0.2, -0.15) is 23.5 Å². The molecule has 0 aromatic heterocycles. The highest BCUT2D eigenvalue weighted by Crippen LogP contribution is 2.43. The van der Waals surface area contributed by atoms with Crippen LogP contribution < -0.4 is 0 Å². The van der Waals surface area contributed by atoms with E-state index >= 15 is 0 Å². The van der Waals surface area contributed by atoms with Crippen molar-refractivity contribution in [3.8, 4) is 0 Å². The highest BCUT2D eigenvalue weighted by molar-refractivity contribution is 7.98. The molecule has 1 aliphatic rings. The van der Waals surface area contributed by atoms with E-state index in [0.29, 0.717) is 22.9 Å². The van der Waals surface area contributed by atoms with Crippen LogP contribution in [0, 0.1) is 16.0 Å². The van der Waals surface area contributed by atoms with Crippen molar-refractivity contribution in [1.29, 1.82) is 0 Å². The maximum atomic E-state index is 13.0. The van der Waals surface area contributed by atoms with Crippen molar-refractivity contribution in [3.05, 3.63) is 51.2 Å². The average Bonchev–Trinajstić information content (AvgIpc) is 2.73. The monoisotopic (exact) mass is 466 g/mol. The lowest BCUT2D eigenvalue weighted by atomic mass is 9.75. The molecule has 2 rings (SSSR count). The van der Waals surface area contributed by atoms with Crippen molar-refractivity contribution in [1.82, 2.24) is 0 Å². The number of carbonyl (C=O) groups excluding carboxylic acids is 2. The van der Waals surface area contributed by atoms with Crippen LogP contribution in [0.3, 0.4) is 0 Å². The maximum Gasteiger partial charge on any atom is 0.336 e. The Kier molecular flexibility index (Phi) is 9.57. The first-order valence-corrected chi connectivity index (χ1v) is 12.4. The molecule has 1 unspecified atom stereocenters. The van der Waals surface area contributed by atoms with E-state index < -0.39 is 28.7 Å². The number of carbonyl (C=O) groups is 2. The second-order valence-electron chi connectivity index (χ2n) is 6.81. The van der Waals surface area contributed by atoms with Crippen LogP contribution in [-0.2, 0) is 19.1 Å². The number of esters is 2. The second-order valence-corrected chi connectivity index (χ2v) is 8.78. The van der Waals surface area contributed by atoms with E-state index in [-0.39, 0.29) is 30.0 Å². The molecular formula is C21H26N2O6S2. The van der Waals surface area contributed by atoms with Gasteiger partial charge in [0.05, 0.1) is 10.5 Å². The number of thioether (sulfide) groups is 2. The SMILES string of the molecule is CSCCOC(=O)C1=C(C)N=C(C)C(C(=O)OCCSC)[C@H]1c1ccccc1[N+](=O)[O-]. The van der Waals surface area contributed by atoms with Crippen molar-refractivity contribution in [2.75, 3.05) is 37.2 Å². The Balaban J connectivity index is 2.58. The zero-order valence-electron chi connectivity index (χ0n) is 18.0. The van der Waals surface area contributed by atoms with Gasteiger partial charge >= 0.3 is 11.9 Å². The second kappa shape index (κ2) is 11.9. The van der Waals surface area contributed by atoms with E-state index in [2.05, 4.69) is 4.99 Å². The molecule has 1 heterocycles. The summed E-state index contributed by atoms with van der Waals surface area (Å²) >= 11 is 3.05. The van der Waals surface area contributed by atoms with E-state index in [0.717, 1.165) is 0 Å². The van der Waals surface area contributed by atoms with Crippen molar-refractivity contribution >= 4 is 46.9 Å². The van der Waals surface area contributed by atoms with Crippen LogP contribution in [0.5, 0.6) is 0 Å². The van der Waals surface area contributed by atoms with Gasteiger partial charge in [0.1, 0.15) is 19.1 Å². The molecule has 0 radical (unpaired) electrons. The predicted octanol–water partition coefficient (Wildman–Crippen LogP) is 3.86. The molecule has 31 heavy (non-hydrogen) atoms. The number of ether oxygens (including phenoxy) is 2. The molecule has 0 spiro atoms. The van der Waals surface area contributed by atoms with Crippen molar-refractivity contribution < 1.29 is 24.0 Å².